The molecule has 2 aliphatic carbocycles. The average Bonchev–Trinajstić information content (AvgIpc) is 3.07. The Bertz CT molecular complexity index is 752. The van der Waals surface area contributed by atoms with Crippen molar-refractivity contribution >= 4 is 11.5 Å². The fourth-order valence-corrected chi connectivity index (χ4v) is 3.92. The number of nitrogens with one attached hydrogen (secondary N) is 2. The van der Waals surface area contributed by atoms with E-state index in [0.29, 0.717) is 18.0 Å². The van der Waals surface area contributed by atoms with Crippen molar-refractivity contribution in [3.8, 4) is 0 Å². The molecule has 2 aliphatic rings. The Morgan fingerprint density at radius 2 is 1.63 bits per heavy atom. The van der Waals surface area contributed by atoms with Gasteiger partial charge in [0.05, 0.1) is 17.4 Å². The fourth-order valence-electron chi connectivity index (χ4n) is 3.92. The van der Waals surface area contributed by atoms with Crippen LogP contribution in [0.4, 0.5) is 24.7 Å². The van der Waals surface area contributed by atoms with Crippen molar-refractivity contribution in [1.29, 1.82) is 0 Å². The fraction of sp³-hybridized carbons (Fsp3) is 0.476. The summed E-state index contributed by atoms with van der Waals surface area (Å²) in [6, 6.07) is 10.6. The van der Waals surface area contributed by atoms with Crippen LogP contribution in [0.25, 0.3) is 0 Å². The van der Waals surface area contributed by atoms with E-state index in [2.05, 4.69) is 15.6 Å². The van der Waals surface area contributed by atoms with Gasteiger partial charge in [0.25, 0.3) is 0 Å². The number of halogens is 3. The number of alkyl halides is 3. The molecule has 2 fully saturated rings. The molecule has 2 atom stereocenters. The van der Waals surface area contributed by atoms with E-state index >= 15 is 0 Å². The number of pyridine rings is 1. The number of anilines is 2. The highest BCUT2D eigenvalue weighted by Crippen LogP contribution is 2.37. The van der Waals surface area contributed by atoms with Gasteiger partial charge in [0.15, 0.2) is 0 Å². The number of aromatic nitrogens is 1. The van der Waals surface area contributed by atoms with Gasteiger partial charge in [-0.3, -0.25) is 0 Å². The Hall–Kier alpha value is -2.24. The van der Waals surface area contributed by atoms with Gasteiger partial charge in [-0.15, -0.1) is 0 Å². The zero-order chi connectivity index (χ0) is 18.9. The lowest BCUT2D eigenvalue weighted by atomic mass is 9.93. The predicted molar refractivity (Wildman–Crippen MR) is 101 cm³/mol. The van der Waals surface area contributed by atoms with Gasteiger partial charge in [-0.2, -0.15) is 13.2 Å². The van der Waals surface area contributed by atoms with Crippen LogP contribution in [0.15, 0.2) is 42.6 Å². The third-order valence-corrected chi connectivity index (χ3v) is 5.73. The van der Waals surface area contributed by atoms with Crippen molar-refractivity contribution in [2.45, 2.75) is 62.7 Å². The first-order chi connectivity index (χ1) is 13.0. The number of rotatable bonds is 5. The smallest absolute Gasteiger partial charge is 0.381 e. The molecule has 144 valence electrons. The van der Waals surface area contributed by atoms with Crippen LogP contribution in [0.5, 0.6) is 0 Å². The summed E-state index contributed by atoms with van der Waals surface area (Å²) >= 11 is 0. The summed E-state index contributed by atoms with van der Waals surface area (Å²) in [5.74, 6) is 1.22. The first kappa shape index (κ1) is 18.1. The van der Waals surface area contributed by atoms with Crippen molar-refractivity contribution in [3.63, 3.8) is 0 Å². The minimum atomic E-state index is -4.27. The van der Waals surface area contributed by atoms with Gasteiger partial charge in [-0.25, -0.2) is 4.98 Å². The summed E-state index contributed by atoms with van der Waals surface area (Å²) in [5, 5.41) is 6.94. The van der Waals surface area contributed by atoms with Crippen LogP contribution in [-0.2, 0) is 6.18 Å². The molecule has 2 unspecified atom stereocenters. The molecular formula is C21H24F3N3. The molecule has 2 saturated carbocycles. The standard InChI is InChI=1S/C21H24F3N3/c22-21(23,24)16-7-4-14(5-8-16)15-6-9-18(12-15)26-19-10-11-20(25-13-19)27-17-2-1-3-17/h4-5,7-8,10-11,13,15,17-18,26H,1-3,6,9,12H2,(H,25,27). The van der Waals surface area contributed by atoms with Crippen LogP contribution in [0.1, 0.15) is 55.6 Å². The highest BCUT2D eigenvalue weighted by molar-refractivity contribution is 5.48. The molecule has 0 amide bonds. The van der Waals surface area contributed by atoms with Crippen LogP contribution < -0.4 is 10.6 Å². The zero-order valence-corrected chi connectivity index (χ0v) is 15.1. The minimum Gasteiger partial charge on any atom is -0.381 e. The second-order valence-corrected chi connectivity index (χ2v) is 7.68. The normalized spacial score (nSPS) is 23.1. The molecule has 1 aromatic carbocycles. The van der Waals surface area contributed by atoms with E-state index in [1.807, 2.05) is 18.3 Å². The predicted octanol–water partition coefficient (Wildman–Crippen LogP) is 5.81. The summed E-state index contributed by atoms with van der Waals surface area (Å²) in [6.07, 6.45) is 4.22. The third-order valence-electron chi connectivity index (χ3n) is 5.73. The van der Waals surface area contributed by atoms with Crippen molar-refractivity contribution in [1.82, 2.24) is 4.98 Å². The van der Waals surface area contributed by atoms with Crippen molar-refractivity contribution in [2.75, 3.05) is 10.6 Å². The number of hydrogen-bond donors (Lipinski definition) is 2. The topological polar surface area (TPSA) is 37.0 Å². The van der Waals surface area contributed by atoms with E-state index in [-0.39, 0.29) is 0 Å². The van der Waals surface area contributed by atoms with Gasteiger partial charge in [-0.05, 0) is 74.3 Å². The van der Waals surface area contributed by atoms with E-state index in [1.54, 1.807) is 12.1 Å². The van der Waals surface area contributed by atoms with Crippen molar-refractivity contribution < 1.29 is 13.2 Å². The molecule has 1 aromatic heterocycles. The molecule has 0 aliphatic heterocycles. The van der Waals surface area contributed by atoms with E-state index in [0.717, 1.165) is 36.3 Å². The Labute approximate surface area is 157 Å². The lowest BCUT2D eigenvalue weighted by Gasteiger charge is -2.27. The second-order valence-electron chi connectivity index (χ2n) is 7.68. The minimum absolute atomic E-state index is 0.303. The van der Waals surface area contributed by atoms with Crippen LogP contribution in [-0.4, -0.2) is 17.1 Å². The molecule has 0 spiro atoms. The Morgan fingerprint density at radius 3 is 2.22 bits per heavy atom. The molecule has 27 heavy (non-hydrogen) atoms. The van der Waals surface area contributed by atoms with Crippen LogP contribution in [0.3, 0.4) is 0 Å². The quantitative estimate of drug-likeness (QED) is 0.692. The van der Waals surface area contributed by atoms with Crippen LogP contribution in [0.2, 0.25) is 0 Å². The molecular weight excluding hydrogens is 351 g/mol. The number of nitrogens with zero attached hydrogens (tertiary/aromatic N) is 1. The molecule has 2 N–H and O–H groups in total. The summed E-state index contributed by atoms with van der Waals surface area (Å²) in [4.78, 5) is 4.47. The average molecular weight is 375 g/mol. The van der Waals surface area contributed by atoms with Gasteiger partial charge < -0.3 is 10.6 Å². The lowest BCUT2D eigenvalue weighted by molar-refractivity contribution is -0.137. The summed E-state index contributed by atoms with van der Waals surface area (Å²) < 4.78 is 38.1. The zero-order valence-electron chi connectivity index (χ0n) is 15.1. The highest BCUT2D eigenvalue weighted by atomic mass is 19.4. The van der Waals surface area contributed by atoms with E-state index in [1.165, 1.54) is 31.4 Å². The van der Waals surface area contributed by atoms with Gasteiger partial charge in [0, 0.05) is 12.1 Å². The van der Waals surface area contributed by atoms with Gasteiger partial charge in [-0.1, -0.05) is 12.1 Å². The molecule has 0 radical (unpaired) electrons. The summed E-state index contributed by atoms with van der Waals surface area (Å²) in [5.41, 5.74) is 1.40. The van der Waals surface area contributed by atoms with E-state index in [9.17, 15) is 13.2 Å². The monoisotopic (exact) mass is 375 g/mol. The lowest BCUT2D eigenvalue weighted by Crippen LogP contribution is -2.27. The highest BCUT2D eigenvalue weighted by Gasteiger charge is 2.31. The van der Waals surface area contributed by atoms with Crippen molar-refractivity contribution in [3.05, 3.63) is 53.7 Å². The molecule has 2 aromatic rings. The molecule has 3 nitrogen and oxygen atoms in total. The molecule has 4 rings (SSSR count). The van der Waals surface area contributed by atoms with Crippen LogP contribution in [0, 0.1) is 0 Å². The molecule has 6 heteroatoms. The Balaban J connectivity index is 1.31. The van der Waals surface area contributed by atoms with Gasteiger partial charge >= 0.3 is 6.18 Å². The second kappa shape index (κ2) is 7.41. The van der Waals surface area contributed by atoms with E-state index < -0.39 is 11.7 Å². The first-order valence-electron chi connectivity index (χ1n) is 9.63. The maximum absolute atomic E-state index is 12.7. The maximum Gasteiger partial charge on any atom is 0.416 e. The SMILES string of the molecule is FC(F)(F)c1ccc(C2CCC(Nc3ccc(NC4CCC4)nc3)C2)cc1. The number of hydrogen-bond acceptors (Lipinski definition) is 3. The van der Waals surface area contributed by atoms with Crippen molar-refractivity contribution in [2.24, 2.45) is 0 Å². The molecule has 0 bridgehead atoms. The Morgan fingerprint density at radius 1 is 0.852 bits per heavy atom. The third kappa shape index (κ3) is 4.37. The first-order valence-corrected chi connectivity index (χ1v) is 9.63. The largest absolute Gasteiger partial charge is 0.416 e. The summed E-state index contributed by atoms with van der Waals surface area (Å²) in [6.45, 7) is 0. The molecule has 1 heterocycles. The molecule has 0 saturated heterocycles. The van der Waals surface area contributed by atoms with E-state index in [4.69, 9.17) is 0 Å². The number of benzene rings is 1. The summed E-state index contributed by atoms with van der Waals surface area (Å²) in [7, 11) is 0. The van der Waals surface area contributed by atoms with Gasteiger partial charge in [0.1, 0.15) is 5.82 Å². The van der Waals surface area contributed by atoms with Gasteiger partial charge in [0.2, 0.25) is 0 Å². The Kier molecular flexibility index (Phi) is 4.98. The van der Waals surface area contributed by atoms with Crippen LogP contribution >= 0.6 is 0 Å². The maximum atomic E-state index is 12.7.